The van der Waals surface area contributed by atoms with E-state index in [1.807, 2.05) is 4.91 Å². The third-order valence-electron chi connectivity index (χ3n) is 5.00. The Bertz CT molecular complexity index is 336. The van der Waals surface area contributed by atoms with Crippen LogP contribution in [0, 0.1) is 0 Å². The average Bonchev–Trinajstić information content (AvgIpc) is 2.51. The van der Waals surface area contributed by atoms with Gasteiger partial charge >= 0.3 is 0 Å². The molecule has 0 bridgehead atoms. The van der Waals surface area contributed by atoms with E-state index in [1.165, 1.54) is 77.0 Å². The van der Waals surface area contributed by atoms with Gasteiger partial charge in [-0.3, -0.25) is 0 Å². The molecule has 2 unspecified atom stereocenters. The molecule has 106 valence electrons. The summed E-state index contributed by atoms with van der Waals surface area (Å²) in [6.45, 7) is 0. The van der Waals surface area contributed by atoms with Crippen molar-refractivity contribution in [3.05, 3.63) is 23.1 Å². The third kappa shape index (κ3) is 3.48. The lowest BCUT2D eigenvalue weighted by Crippen LogP contribution is -2.35. The maximum Gasteiger partial charge on any atom is 0.141 e. The van der Waals surface area contributed by atoms with Crippen LogP contribution in [0.5, 0.6) is 0 Å². The minimum absolute atomic E-state index is 0.591. The molecule has 0 heterocycles. The fraction of sp³-hybridized carbons (Fsp3) is 0.778. The zero-order chi connectivity index (χ0) is 12.9. The van der Waals surface area contributed by atoms with Crippen LogP contribution in [-0.2, 0) is 10.9 Å². The maximum atomic E-state index is 2.64. The van der Waals surface area contributed by atoms with E-state index in [0.717, 1.165) is 10.5 Å². The second-order valence-electron chi connectivity index (χ2n) is 6.45. The van der Waals surface area contributed by atoms with Gasteiger partial charge in [-0.1, -0.05) is 12.5 Å². The van der Waals surface area contributed by atoms with Gasteiger partial charge in [-0.2, -0.15) is 0 Å². The highest BCUT2D eigenvalue weighted by Crippen LogP contribution is 2.39. The molecule has 3 aliphatic rings. The van der Waals surface area contributed by atoms with Crippen LogP contribution in [-0.4, -0.2) is 10.5 Å². The second kappa shape index (κ2) is 7.02. The Morgan fingerprint density at radius 1 is 0.842 bits per heavy atom. The molecular formula is C18H29S+. The summed E-state index contributed by atoms with van der Waals surface area (Å²) in [5.74, 6) is 0. The molecule has 3 aliphatic carbocycles. The van der Waals surface area contributed by atoms with Gasteiger partial charge in [0.2, 0.25) is 0 Å². The molecule has 0 aromatic heterocycles. The molecule has 0 nitrogen and oxygen atoms in total. The molecule has 3 rings (SSSR count). The van der Waals surface area contributed by atoms with E-state index in [4.69, 9.17) is 0 Å². The van der Waals surface area contributed by atoms with Crippen LogP contribution in [0.3, 0.4) is 0 Å². The first-order valence-electron chi connectivity index (χ1n) is 8.53. The zero-order valence-electron chi connectivity index (χ0n) is 12.3. The largest absolute Gasteiger partial charge is 0.141 e. The van der Waals surface area contributed by atoms with Crippen molar-refractivity contribution in [1.82, 2.24) is 0 Å². The van der Waals surface area contributed by atoms with E-state index in [-0.39, 0.29) is 0 Å². The molecule has 1 fully saturated rings. The summed E-state index contributed by atoms with van der Waals surface area (Å²) in [6, 6.07) is 0. The lowest BCUT2D eigenvalue weighted by Gasteiger charge is -2.30. The fourth-order valence-corrected chi connectivity index (χ4v) is 7.53. The topological polar surface area (TPSA) is 0 Å². The van der Waals surface area contributed by atoms with E-state index in [0.29, 0.717) is 10.9 Å². The molecule has 0 N–H and O–H groups in total. The Kier molecular flexibility index (Phi) is 5.09. The summed E-state index contributed by atoms with van der Waals surface area (Å²) in [7, 11) is 0.591. The van der Waals surface area contributed by atoms with Gasteiger partial charge in [0.15, 0.2) is 0 Å². The van der Waals surface area contributed by atoms with Gasteiger partial charge in [0.25, 0.3) is 0 Å². The van der Waals surface area contributed by atoms with Gasteiger partial charge in [0.05, 0.1) is 0 Å². The first kappa shape index (κ1) is 13.8. The Morgan fingerprint density at radius 3 is 2.42 bits per heavy atom. The molecule has 2 atom stereocenters. The summed E-state index contributed by atoms with van der Waals surface area (Å²) in [5.41, 5.74) is 0. The van der Waals surface area contributed by atoms with Gasteiger partial charge in [0.1, 0.15) is 15.4 Å². The van der Waals surface area contributed by atoms with Crippen molar-refractivity contribution >= 4 is 10.9 Å². The molecule has 0 spiro atoms. The van der Waals surface area contributed by atoms with Crippen molar-refractivity contribution in [1.29, 1.82) is 0 Å². The number of hydrogen-bond donors (Lipinski definition) is 0. The Labute approximate surface area is 122 Å². The molecule has 0 radical (unpaired) electrons. The number of hydrogen-bond acceptors (Lipinski definition) is 0. The van der Waals surface area contributed by atoms with Crippen LogP contribution in [0.25, 0.3) is 0 Å². The van der Waals surface area contributed by atoms with Crippen molar-refractivity contribution in [3.63, 3.8) is 0 Å². The molecule has 0 aromatic carbocycles. The fourth-order valence-electron chi connectivity index (χ4n) is 3.99. The van der Waals surface area contributed by atoms with Gasteiger partial charge < -0.3 is 0 Å². The molecule has 0 aliphatic heterocycles. The second-order valence-corrected chi connectivity index (χ2v) is 8.99. The standard InChI is InChI=1S/C18H29S/c1-4-10-16(11-5-1)19(17-12-6-2-7-13-17)18-14-8-3-9-15-18/h4,10,12,16,18H,1-3,5-9,11,13-15H2/q+1. The Hall–Kier alpha value is -0.170. The predicted molar refractivity (Wildman–Crippen MR) is 87.6 cm³/mol. The van der Waals surface area contributed by atoms with Crippen LogP contribution < -0.4 is 0 Å². The third-order valence-corrected chi connectivity index (χ3v) is 8.21. The van der Waals surface area contributed by atoms with Crippen LogP contribution in [0.4, 0.5) is 0 Å². The Morgan fingerprint density at radius 2 is 1.74 bits per heavy atom. The first-order chi connectivity index (χ1) is 9.45. The highest BCUT2D eigenvalue weighted by atomic mass is 32.2. The predicted octanol–water partition coefficient (Wildman–Crippen LogP) is 5.50. The van der Waals surface area contributed by atoms with Gasteiger partial charge in [-0.25, -0.2) is 0 Å². The summed E-state index contributed by atoms with van der Waals surface area (Å²) in [6.07, 6.45) is 25.1. The summed E-state index contributed by atoms with van der Waals surface area (Å²) >= 11 is 0. The van der Waals surface area contributed by atoms with Gasteiger partial charge in [-0.15, -0.1) is 0 Å². The molecule has 19 heavy (non-hydrogen) atoms. The highest BCUT2D eigenvalue weighted by Gasteiger charge is 2.41. The molecular weight excluding hydrogens is 248 g/mol. The zero-order valence-corrected chi connectivity index (χ0v) is 13.1. The SMILES string of the molecule is C1=CC([S+](C2=CCCCC2)C2CCCCC2)CCC1. The van der Waals surface area contributed by atoms with E-state index in [1.54, 1.807) is 0 Å². The van der Waals surface area contributed by atoms with Crippen LogP contribution in [0.2, 0.25) is 0 Å². The van der Waals surface area contributed by atoms with Crippen LogP contribution in [0.1, 0.15) is 77.0 Å². The van der Waals surface area contributed by atoms with Crippen molar-refractivity contribution in [3.8, 4) is 0 Å². The van der Waals surface area contributed by atoms with E-state index in [2.05, 4.69) is 18.2 Å². The van der Waals surface area contributed by atoms with E-state index < -0.39 is 0 Å². The maximum absolute atomic E-state index is 2.64. The summed E-state index contributed by atoms with van der Waals surface area (Å²) < 4.78 is 0. The molecule has 0 amide bonds. The lowest BCUT2D eigenvalue weighted by atomic mass is 10.0. The van der Waals surface area contributed by atoms with E-state index in [9.17, 15) is 0 Å². The van der Waals surface area contributed by atoms with Crippen LogP contribution in [0.15, 0.2) is 23.1 Å². The quantitative estimate of drug-likeness (QED) is 0.472. The molecule has 0 aromatic rings. The van der Waals surface area contributed by atoms with Crippen molar-refractivity contribution in [2.24, 2.45) is 0 Å². The van der Waals surface area contributed by atoms with Gasteiger partial charge in [0, 0.05) is 17.3 Å². The first-order valence-corrected chi connectivity index (χ1v) is 9.88. The van der Waals surface area contributed by atoms with Crippen molar-refractivity contribution in [2.75, 3.05) is 0 Å². The smallest absolute Gasteiger partial charge is 0.0836 e. The summed E-state index contributed by atoms with van der Waals surface area (Å²) in [5, 5.41) is 1.94. The van der Waals surface area contributed by atoms with Gasteiger partial charge in [-0.05, 0) is 76.4 Å². The normalized spacial score (nSPS) is 30.9. The molecule has 1 heteroatoms. The average molecular weight is 277 g/mol. The van der Waals surface area contributed by atoms with E-state index >= 15 is 0 Å². The Balaban J connectivity index is 1.78. The minimum atomic E-state index is 0.591. The molecule has 1 saturated carbocycles. The van der Waals surface area contributed by atoms with Crippen molar-refractivity contribution < 1.29 is 0 Å². The minimum Gasteiger partial charge on any atom is -0.0836 e. The molecule has 0 saturated heterocycles. The number of rotatable bonds is 3. The monoisotopic (exact) mass is 277 g/mol. The highest BCUT2D eigenvalue weighted by molar-refractivity contribution is 8.01. The van der Waals surface area contributed by atoms with Crippen molar-refractivity contribution in [2.45, 2.75) is 87.5 Å². The lowest BCUT2D eigenvalue weighted by molar-refractivity contribution is 0.511. The van der Waals surface area contributed by atoms with Crippen LogP contribution >= 0.6 is 0 Å². The summed E-state index contributed by atoms with van der Waals surface area (Å²) in [4.78, 5) is 1.88. The number of allylic oxidation sites excluding steroid dienone is 3.